The van der Waals surface area contributed by atoms with Crippen LogP contribution in [0.25, 0.3) is 0 Å². The maximum Gasteiger partial charge on any atom is 0.0403 e. The number of aryl methyl sites for hydroxylation is 1. The normalized spacial score (nSPS) is 31.0. The lowest BCUT2D eigenvalue weighted by atomic mass is 9.67. The summed E-state index contributed by atoms with van der Waals surface area (Å²) in [6.45, 7) is 0. The second-order valence-corrected chi connectivity index (χ2v) is 5.90. The summed E-state index contributed by atoms with van der Waals surface area (Å²) < 4.78 is 0. The SMILES string of the molecule is C1=CC(CCc2ccccn2)C2CCCCC2C1. The molecule has 0 bridgehead atoms. The Morgan fingerprint density at radius 3 is 3.00 bits per heavy atom. The lowest BCUT2D eigenvalue weighted by Gasteiger charge is -2.38. The lowest BCUT2D eigenvalue weighted by molar-refractivity contribution is 0.170. The van der Waals surface area contributed by atoms with Crippen molar-refractivity contribution in [3.63, 3.8) is 0 Å². The third-order valence-electron chi connectivity index (χ3n) is 4.80. The Labute approximate surface area is 110 Å². The number of hydrogen-bond donors (Lipinski definition) is 0. The van der Waals surface area contributed by atoms with E-state index in [-0.39, 0.29) is 0 Å². The van der Waals surface area contributed by atoms with Gasteiger partial charge in [0.25, 0.3) is 0 Å². The van der Waals surface area contributed by atoms with Crippen molar-refractivity contribution in [3.05, 3.63) is 42.2 Å². The zero-order valence-electron chi connectivity index (χ0n) is 11.1. The molecule has 0 amide bonds. The number of hydrogen-bond acceptors (Lipinski definition) is 1. The van der Waals surface area contributed by atoms with Crippen LogP contribution in [0, 0.1) is 17.8 Å². The molecular formula is C17H23N. The van der Waals surface area contributed by atoms with Crippen molar-refractivity contribution in [2.75, 3.05) is 0 Å². The Balaban J connectivity index is 1.61. The number of nitrogens with zero attached hydrogens (tertiary/aromatic N) is 1. The zero-order valence-corrected chi connectivity index (χ0v) is 11.1. The molecule has 3 atom stereocenters. The minimum absolute atomic E-state index is 0.811. The number of allylic oxidation sites excluding steroid dienone is 2. The fourth-order valence-corrected chi connectivity index (χ4v) is 3.83. The van der Waals surface area contributed by atoms with E-state index in [9.17, 15) is 0 Å². The van der Waals surface area contributed by atoms with E-state index in [1.807, 2.05) is 12.3 Å². The van der Waals surface area contributed by atoms with Crippen LogP contribution in [0.1, 0.15) is 44.2 Å². The Morgan fingerprint density at radius 2 is 2.11 bits per heavy atom. The van der Waals surface area contributed by atoms with Crippen LogP contribution < -0.4 is 0 Å². The van der Waals surface area contributed by atoms with E-state index in [4.69, 9.17) is 0 Å². The predicted octanol–water partition coefficient (Wildman–Crippen LogP) is 4.40. The van der Waals surface area contributed by atoms with Crippen LogP contribution >= 0.6 is 0 Å². The van der Waals surface area contributed by atoms with Gasteiger partial charge in [-0.1, -0.05) is 31.1 Å². The first-order valence-corrected chi connectivity index (χ1v) is 7.50. The minimum atomic E-state index is 0.811. The maximum absolute atomic E-state index is 4.44. The van der Waals surface area contributed by atoms with E-state index in [1.165, 1.54) is 44.2 Å². The van der Waals surface area contributed by atoms with Crippen molar-refractivity contribution in [1.82, 2.24) is 4.98 Å². The van der Waals surface area contributed by atoms with Gasteiger partial charge in [0.1, 0.15) is 0 Å². The second-order valence-electron chi connectivity index (χ2n) is 5.90. The molecule has 0 aliphatic heterocycles. The molecule has 3 unspecified atom stereocenters. The van der Waals surface area contributed by atoms with Crippen LogP contribution in [0.2, 0.25) is 0 Å². The number of pyridine rings is 1. The number of fused-ring (bicyclic) bond motifs is 1. The smallest absolute Gasteiger partial charge is 0.0403 e. The van der Waals surface area contributed by atoms with Crippen LogP contribution in [0.3, 0.4) is 0 Å². The molecule has 0 aromatic carbocycles. The molecule has 1 heteroatoms. The fourth-order valence-electron chi connectivity index (χ4n) is 3.83. The summed E-state index contributed by atoms with van der Waals surface area (Å²) in [7, 11) is 0. The summed E-state index contributed by atoms with van der Waals surface area (Å²) in [4.78, 5) is 4.44. The first-order chi connectivity index (χ1) is 8.93. The van der Waals surface area contributed by atoms with Gasteiger partial charge in [-0.2, -0.15) is 0 Å². The molecule has 1 saturated carbocycles. The summed E-state index contributed by atoms with van der Waals surface area (Å²) in [6.07, 6.45) is 16.5. The molecule has 1 aromatic heterocycles. The van der Waals surface area contributed by atoms with Gasteiger partial charge >= 0.3 is 0 Å². The van der Waals surface area contributed by atoms with E-state index in [2.05, 4.69) is 29.3 Å². The average Bonchev–Trinajstić information content (AvgIpc) is 2.46. The van der Waals surface area contributed by atoms with Gasteiger partial charge in [0, 0.05) is 11.9 Å². The average molecular weight is 241 g/mol. The molecule has 2 aliphatic rings. The van der Waals surface area contributed by atoms with E-state index >= 15 is 0 Å². The second kappa shape index (κ2) is 5.69. The van der Waals surface area contributed by atoms with Crippen molar-refractivity contribution in [1.29, 1.82) is 0 Å². The molecule has 0 spiro atoms. The molecule has 1 fully saturated rings. The Kier molecular flexibility index (Phi) is 3.78. The molecule has 1 heterocycles. The van der Waals surface area contributed by atoms with Gasteiger partial charge in [-0.3, -0.25) is 4.98 Å². The number of aromatic nitrogens is 1. The fraction of sp³-hybridized carbons (Fsp3) is 0.588. The minimum Gasteiger partial charge on any atom is -0.261 e. The van der Waals surface area contributed by atoms with Crippen molar-refractivity contribution in [3.8, 4) is 0 Å². The molecule has 0 radical (unpaired) electrons. The van der Waals surface area contributed by atoms with Crippen LogP contribution in [0.15, 0.2) is 36.5 Å². The lowest BCUT2D eigenvalue weighted by Crippen LogP contribution is -2.28. The molecular weight excluding hydrogens is 218 g/mol. The Hall–Kier alpha value is -1.11. The van der Waals surface area contributed by atoms with E-state index < -0.39 is 0 Å². The third kappa shape index (κ3) is 2.66. The van der Waals surface area contributed by atoms with Crippen LogP contribution in [0.5, 0.6) is 0 Å². The monoisotopic (exact) mass is 241 g/mol. The van der Waals surface area contributed by atoms with Crippen molar-refractivity contribution >= 4 is 0 Å². The van der Waals surface area contributed by atoms with E-state index in [1.54, 1.807) is 0 Å². The molecule has 0 saturated heterocycles. The van der Waals surface area contributed by atoms with Crippen molar-refractivity contribution < 1.29 is 0 Å². The molecule has 1 nitrogen and oxygen atoms in total. The van der Waals surface area contributed by atoms with Gasteiger partial charge in [-0.25, -0.2) is 0 Å². The Morgan fingerprint density at radius 1 is 1.17 bits per heavy atom. The molecule has 0 N–H and O–H groups in total. The van der Waals surface area contributed by atoms with Crippen LogP contribution in [-0.4, -0.2) is 4.98 Å². The maximum atomic E-state index is 4.44. The van der Waals surface area contributed by atoms with Gasteiger partial charge in [-0.05, 0) is 62.0 Å². The quantitative estimate of drug-likeness (QED) is 0.715. The summed E-state index contributed by atoms with van der Waals surface area (Å²) in [5, 5.41) is 0. The Bertz CT molecular complexity index is 395. The highest BCUT2D eigenvalue weighted by Crippen LogP contribution is 2.42. The molecule has 2 aliphatic carbocycles. The van der Waals surface area contributed by atoms with Crippen LogP contribution in [0.4, 0.5) is 0 Å². The summed E-state index contributed by atoms with van der Waals surface area (Å²) in [5.74, 6) is 2.76. The standard InChI is InChI=1S/C17H23N/c1-2-10-17-14(6-1)7-5-8-15(17)11-12-16-9-3-4-13-18-16/h3-5,8-9,13-15,17H,1-2,6-7,10-12H2. The third-order valence-corrected chi connectivity index (χ3v) is 4.80. The number of rotatable bonds is 3. The summed E-state index contributed by atoms with van der Waals surface area (Å²) in [5.41, 5.74) is 1.25. The van der Waals surface area contributed by atoms with Gasteiger partial charge in [-0.15, -0.1) is 0 Å². The van der Waals surface area contributed by atoms with E-state index in [0.717, 1.165) is 24.2 Å². The van der Waals surface area contributed by atoms with Gasteiger partial charge in [0.15, 0.2) is 0 Å². The zero-order chi connectivity index (χ0) is 12.2. The van der Waals surface area contributed by atoms with E-state index in [0.29, 0.717) is 0 Å². The molecule has 1 aromatic rings. The van der Waals surface area contributed by atoms with Crippen molar-refractivity contribution in [2.45, 2.75) is 44.9 Å². The molecule has 3 rings (SSSR count). The topological polar surface area (TPSA) is 12.9 Å². The highest BCUT2D eigenvalue weighted by molar-refractivity contribution is 5.06. The van der Waals surface area contributed by atoms with Gasteiger partial charge < -0.3 is 0 Å². The molecule has 96 valence electrons. The summed E-state index contributed by atoms with van der Waals surface area (Å²) in [6, 6.07) is 6.26. The summed E-state index contributed by atoms with van der Waals surface area (Å²) >= 11 is 0. The predicted molar refractivity (Wildman–Crippen MR) is 75.3 cm³/mol. The van der Waals surface area contributed by atoms with Crippen LogP contribution in [-0.2, 0) is 6.42 Å². The largest absolute Gasteiger partial charge is 0.261 e. The first-order valence-electron chi connectivity index (χ1n) is 7.50. The van der Waals surface area contributed by atoms with Gasteiger partial charge in [0.05, 0.1) is 0 Å². The molecule has 18 heavy (non-hydrogen) atoms. The highest BCUT2D eigenvalue weighted by atomic mass is 14.7. The highest BCUT2D eigenvalue weighted by Gasteiger charge is 2.31. The van der Waals surface area contributed by atoms with Crippen molar-refractivity contribution in [2.24, 2.45) is 17.8 Å². The van der Waals surface area contributed by atoms with Gasteiger partial charge in [0.2, 0.25) is 0 Å². The first kappa shape index (κ1) is 12.0.